The van der Waals surface area contributed by atoms with E-state index in [4.69, 9.17) is 14.6 Å². The molecule has 17 heavy (non-hydrogen) atoms. The maximum absolute atomic E-state index is 8.54. The topological polar surface area (TPSA) is 41.9 Å². The first kappa shape index (κ1) is 14.0. The van der Waals surface area contributed by atoms with E-state index in [9.17, 15) is 0 Å². The highest BCUT2D eigenvalue weighted by Crippen LogP contribution is 2.07. The van der Waals surface area contributed by atoms with Crippen LogP contribution >= 0.6 is 0 Å². The first-order valence-electron chi connectivity index (χ1n) is 5.88. The first-order chi connectivity index (χ1) is 8.33. The molecule has 0 saturated heterocycles. The van der Waals surface area contributed by atoms with E-state index in [0.29, 0.717) is 19.8 Å². The van der Waals surface area contributed by atoms with Gasteiger partial charge in [-0.3, -0.25) is 0 Å². The van der Waals surface area contributed by atoms with Crippen molar-refractivity contribution >= 4 is 0 Å². The summed E-state index contributed by atoms with van der Waals surface area (Å²) in [5, 5.41) is 8.54. The number of rotatable bonds is 9. The third-order valence-electron chi connectivity index (χ3n) is 2.34. The van der Waals surface area contributed by atoms with Gasteiger partial charge in [-0.1, -0.05) is 18.2 Å². The van der Waals surface area contributed by atoms with Crippen molar-refractivity contribution < 1.29 is 14.6 Å². The standard InChI is InChI=1S/C13H21NO3/c1-14(7-10-16-12-9-15)8-11-17-13-5-3-2-4-6-13/h2-6,15H,7-12H2,1H3. The lowest BCUT2D eigenvalue weighted by Crippen LogP contribution is -2.28. The van der Waals surface area contributed by atoms with Crippen molar-refractivity contribution in [3.8, 4) is 5.75 Å². The molecule has 4 heteroatoms. The molecule has 0 aliphatic rings. The number of aliphatic hydroxyl groups excluding tert-OH is 1. The molecule has 0 aromatic heterocycles. The van der Waals surface area contributed by atoms with E-state index in [1.54, 1.807) is 0 Å². The predicted octanol–water partition coefficient (Wildman–Crippen LogP) is 1.01. The van der Waals surface area contributed by atoms with Crippen LogP contribution in [0.3, 0.4) is 0 Å². The van der Waals surface area contributed by atoms with Gasteiger partial charge in [-0.2, -0.15) is 0 Å². The molecule has 0 aliphatic heterocycles. The van der Waals surface area contributed by atoms with Gasteiger partial charge in [0, 0.05) is 13.1 Å². The summed E-state index contributed by atoms with van der Waals surface area (Å²) in [4.78, 5) is 2.14. The highest BCUT2D eigenvalue weighted by molar-refractivity contribution is 5.20. The maximum atomic E-state index is 8.54. The number of hydrogen-bond donors (Lipinski definition) is 1. The molecular weight excluding hydrogens is 218 g/mol. The van der Waals surface area contributed by atoms with Gasteiger partial charge in [0.2, 0.25) is 0 Å². The lowest BCUT2D eigenvalue weighted by Gasteiger charge is -2.16. The van der Waals surface area contributed by atoms with Crippen molar-refractivity contribution in [3.05, 3.63) is 30.3 Å². The number of benzene rings is 1. The first-order valence-corrected chi connectivity index (χ1v) is 5.88. The minimum absolute atomic E-state index is 0.0842. The summed E-state index contributed by atoms with van der Waals surface area (Å²) in [5.41, 5.74) is 0. The van der Waals surface area contributed by atoms with Crippen molar-refractivity contribution in [1.29, 1.82) is 0 Å². The summed E-state index contributed by atoms with van der Waals surface area (Å²) in [6.45, 7) is 3.51. The summed E-state index contributed by atoms with van der Waals surface area (Å²) in [5.74, 6) is 0.900. The van der Waals surface area contributed by atoms with Gasteiger partial charge in [0.05, 0.1) is 19.8 Å². The lowest BCUT2D eigenvalue weighted by atomic mass is 10.3. The molecule has 0 bridgehead atoms. The summed E-state index contributed by atoms with van der Waals surface area (Å²) in [7, 11) is 2.02. The van der Waals surface area contributed by atoms with E-state index in [1.807, 2.05) is 37.4 Å². The van der Waals surface area contributed by atoms with Crippen LogP contribution < -0.4 is 4.74 Å². The Labute approximate surface area is 103 Å². The fourth-order valence-corrected chi connectivity index (χ4v) is 1.33. The summed E-state index contributed by atoms with van der Waals surface area (Å²) >= 11 is 0. The van der Waals surface area contributed by atoms with E-state index in [1.165, 1.54) is 0 Å². The summed E-state index contributed by atoms with van der Waals surface area (Å²) < 4.78 is 10.8. The third kappa shape index (κ3) is 6.94. The zero-order valence-electron chi connectivity index (χ0n) is 10.3. The Morgan fingerprint density at radius 2 is 1.76 bits per heavy atom. The molecule has 1 aromatic carbocycles. The van der Waals surface area contributed by atoms with Gasteiger partial charge in [0.25, 0.3) is 0 Å². The molecule has 0 fully saturated rings. The molecular formula is C13H21NO3. The lowest BCUT2D eigenvalue weighted by molar-refractivity contribution is 0.0760. The van der Waals surface area contributed by atoms with Crippen LogP contribution in [-0.4, -0.2) is 56.6 Å². The molecule has 1 N–H and O–H groups in total. The van der Waals surface area contributed by atoms with Crippen LogP contribution in [0.2, 0.25) is 0 Å². The molecule has 1 aromatic rings. The average Bonchev–Trinajstić information content (AvgIpc) is 2.36. The number of para-hydroxylation sites is 1. The second-order valence-corrected chi connectivity index (χ2v) is 3.80. The average molecular weight is 239 g/mol. The third-order valence-corrected chi connectivity index (χ3v) is 2.34. The zero-order valence-corrected chi connectivity index (χ0v) is 10.3. The van der Waals surface area contributed by atoms with Gasteiger partial charge in [-0.05, 0) is 19.2 Å². The molecule has 0 heterocycles. The van der Waals surface area contributed by atoms with E-state index >= 15 is 0 Å². The quantitative estimate of drug-likeness (QED) is 0.653. The van der Waals surface area contributed by atoms with Gasteiger partial charge in [-0.15, -0.1) is 0 Å². The Morgan fingerprint density at radius 3 is 2.47 bits per heavy atom. The van der Waals surface area contributed by atoms with Gasteiger partial charge >= 0.3 is 0 Å². The van der Waals surface area contributed by atoms with Crippen molar-refractivity contribution in [2.75, 3.05) is 46.6 Å². The van der Waals surface area contributed by atoms with Crippen LogP contribution in [0.4, 0.5) is 0 Å². The summed E-state index contributed by atoms with van der Waals surface area (Å²) in [6, 6.07) is 9.79. The minimum Gasteiger partial charge on any atom is -0.492 e. The molecule has 0 amide bonds. The number of aliphatic hydroxyl groups is 1. The molecule has 4 nitrogen and oxygen atoms in total. The molecule has 96 valence electrons. The van der Waals surface area contributed by atoms with Crippen LogP contribution in [0, 0.1) is 0 Å². The highest BCUT2D eigenvalue weighted by Gasteiger charge is 1.98. The normalized spacial score (nSPS) is 10.8. The molecule has 0 aliphatic carbocycles. The van der Waals surface area contributed by atoms with Crippen LogP contribution in [0.1, 0.15) is 0 Å². The van der Waals surface area contributed by atoms with Crippen LogP contribution in [0.5, 0.6) is 5.75 Å². The second kappa shape index (κ2) is 8.98. The highest BCUT2D eigenvalue weighted by atomic mass is 16.5. The van der Waals surface area contributed by atoms with Gasteiger partial charge in [0.15, 0.2) is 0 Å². The van der Waals surface area contributed by atoms with Gasteiger partial charge in [0.1, 0.15) is 12.4 Å². The maximum Gasteiger partial charge on any atom is 0.119 e. The van der Waals surface area contributed by atoms with Gasteiger partial charge < -0.3 is 19.5 Å². The molecule has 0 saturated carbocycles. The fourth-order valence-electron chi connectivity index (χ4n) is 1.33. The Hall–Kier alpha value is -1.10. The van der Waals surface area contributed by atoms with Gasteiger partial charge in [-0.25, -0.2) is 0 Å². The Morgan fingerprint density at radius 1 is 1.06 bits per heavy atom. The Bertz CT molecular complexity index is 279. The van der Waals surface area contributed by atoms with Crippen LogP contribution in [-0.2, 0) is 4.74 Å². The van der Waals surface area contributed by atoms with Crippen molar-refractivity contribution in [2.24, 2.45) is 0 Å². The number of hydrogen-bond acceptors (Lipinski definition) is 4. The Balaban J connectivity index is 2.02. The van der Waals surface area contributed by atoms with E-state index in [0.717, 1.165) is 18.8 Å². The summed E-state index contributed by atoms with van der Waals surface area (Å²) in [6.07, 6.45) is 0. The van der Waals surface area contributed by atoms with Crippen molar-refractivity contribution in [2.45, 2.75) is 0 Å². The largest absolute Gasteiger partial charge is 0.492 e. The number of ether oxygens (including phenoxy) is 2. The molecule has 0 radical (unpaired) electrons. The monoisotopic (exact) mass is 239 g/mol. The van der Waals surface area contributed by atoms with E-state index < -0.39 is 0 Å². The van der Waals surface area contributed by atoms with E-state index in [-0.39, 0.29) is 6.61 Å². The van der Waals surface area contributed by atoms with Crippen LogP contribution in [0.25, 0.3) is 0 Å². The molecule has 0 atom stereocenters. The SMILES string of the molecule is CN(CCOCCO)CCOc1ccccc1. The molecule has 0 unspecified atom stereocenters. The number of nitrogens with zero attached hydrogens (tertiary/aromatic N) is 1. The smallest absolute Gasteiger partial charge is 0.119 e. The van der Waals surface area contributed by atoms with Crippen molar-refractivity contribution in [3.63, 3.8) is 0 Å². The van der Waals surface area contributed by atoms with Crippen molar-refractivity contribution in [1.82, 2.24) is 4.90 Å². The van der Waals surface area contributed by atoms with Crippen LogP contribution in [0.15, 0.2) is 30.3 Å². The molecule has 1 rings (SSSR count). The minimum atomic E-state index is 0.0842. The fraction of sp³-hybridized carbons (Fsp3) is 0.538. The zero-order chi connectivity index (χ0) is 12.3. The van der Waals surface area contributed by atoms with E-state index in [2.05, 4.69) is 4.90 Å². The number of likely N-dealkylation sites (N-methyl/N-ethyl adjacent to an activating group) is 1. The Kier molecular flexibility index (Phi) is 7.38. The molecule has 0 spiro atoms. The predicted molar refractivity (Wildman–Crippen MR) is 67.3 cm³/mol. The second-order valence-electron chi connectivity index (χ2n) is 3.80.